The van der Waals surface area contributed by atoms with Gasteiger partial charge in [0.05, 0.1) is 0 Å². The molecule has 0 aliphatic carbocycles. The molecule has 0 fully saturated rings. The van der Waals surface area contributed by atoms with E-state index >= 15 is 0 Å². The van der Waals surface area contributed by atoms with Gasteiger partial charge in [0.2, 0.25) is 0 Å². The first-order chi connectivity index (χ1) is 4.91. The van der Waals surface area contributed by atoms with Gasteiger partial charge in [0.25, 0.3) is 0 Å². The lowest BCUT2D eigenvalue weighted by Crippen LogP contribution is -2.19. The van der Waals surface area contributed by atoms with Crippen LogP contribution in [0.4, 0.5) is 0 Å². The summed E-state index contributed by atoms with van der Waals surface area (Å²) in [4.78, 5) is 0. The van der Waals surface area contributed by atoms with Crippen LogP contribution in [-0.4, -0.2) is 26.2 Å². The zero-order valence-corrected chi connectivity index (χ0v) is 7.83. The Morgan fingerprint density at radius 3 is 1.91 bits per heavy atom. The second-order valence-electron chi connectivity index (χ2n) is 2.39. The largest absolute Gasteiger partial charge is 0.330 e. The van der Waals surface area contributed by atoms with E-state index in [2.05, 4.69) is 5.32 Å². The Balaban J connectivity index is 0. The molecule has 0 heterocycles. The van der Waals surface area contributed by atoms with E-state index in [-0.39, 0.29) is 12.4 Å². The van der Waals surface area contributed by atoms with Crippen molar-refractivity contribution in [1.82, 2.24) is 5.32 Å². The second-order valence-corrected chi connectivity index (χ2v) is 2.39. The van der Waals surface area contributed by atoms with Crippen LogP contribution in [0.2, 0.25) is 0 Å². The maximum atomic E-state index is 5.32. The summed E-state index contributed by atoms with van der Waals surface area (Å²) in [5, 5.41) is 3.29. The van der Waals surface area contributed by atoms with E-state index < -0.39 is 0 Å². The molecular weight excluding hydrogens is 162 g/mol. The highest BCUT2D eigenvalue weighted by Crippen LogP contribution is 1.81. The molecule has 0 aliphatic heterocycles. The fraction of sp³-hybridized carbons (Fsp3) is 1.00. The third kappa shape index (κ3) is 13.2. The van der Waals surface area contributed by atoms with Crippen LogP contribution >= 0.6 is 12.4 Å². The lowest BCUT2D eigenvalue weighted by Gasteiger charge is -2.01. The van der Waals surface area contributed by atoms with Crippen LogP contribution in [0, 0.1) is 0 Å². The van der Waals surface area contributed by atoms with E-state index in [0.29, 0.717) is 0 Å². The lowest BCUT2D eigenvalue weighted by atomic mass is 10.3. The molecule has 0 aromatic carbocycles. The van der Waals surface area contributed by atoms with E-state index in [1.165, 1.54) is 6.42 Å². The Bertz CT molecular complexity index is 53.6. The molecule has 0 saturated carbocycles. The van der Waals surface area contributed by atoms with Crippen molar-refractivity contribution in [1.29, 1.82) is 0 Å². The van der Waals surface area contributed by atoms with Gasteiger partial charge >= 0.3 is 0 Å². The second kappa shape index (κ2) is 12.8. The van der Waals surface area contributed by atoms with Gasteiger partial charge in [-0.05, 0) is 45.4 Å². The fourth-order valence-electron chi connectivity index (χ4n) is 0.746. The van der Waals surface area contributed by atoms with Gasteiger partial charge in [0.1, 0.15) is 0 Å². The third-order valence-corrected chi connectivity index (χ3v) is 1.37. The quantitative estimate of drug-likeness (QED) is 0.488. The predicted octanol–water partition coefficient (Wildman–Crippen LogP) is 0.0855. The van der Waals surface area contributed by atoms with Crippen molar-refractivity contribution in [2.45, 2.75) is 19.3 Å². The summed E-state index contributed by atoms with van der Waals surface area (Å²) in [6, 6.07) is 0. The smallest absolute Gasteiger partial charge is 0.00369 e. The number of unbranched alkanes of at least 4 members (excludes halogenated alkanes) is 1. The molecule has 0 aliphatic rings. The number of nitrogens with two attached hydrogens (primary N) is 2. The van der Waals surface area contributed by atoms with Gasteiger partial charge < -0.3 is 16.8 Å². The van der Waals surface area contributed by atoms with E-state index in [0.717, 1.165) is 39.0 Å². The average Bonchev–Trinajstić information content (AvgIpc) is 1.97. The van der Waals surface area contributed by atoms with Crippen molar-refractivity contribution in [3.8, 4) is 0 Å². The highest BCUT2D eigenvalue weighted by molar-refractivity contribution is 5.85. The minimum absolute atomic E-state index is 0. The molecule has 0 aromatic rings. The van der Waals surface area contributed by atoms with Crippen LogP contribution in [0.3, 0.4) is 0 Å². The van der Waals surface area contributed by atoms with Gasteiger partial charge in [-0.1, -0.05) is 0 Å². The van der Waals surface area contributed by atoms with E-state index in [1.807, 2.05) is 0 Å². The SMILES string of the molecule is Cl.NCCCCNCCCN. The molecule has 0 amide bonds. The molecule has 0 radical (unpaired) electrons. The first kappa shape index (κ1) is 13.7. The number of hydrogen-bond donors (Lipinski definition) is 3. The minimum atomic E-state index is 0. The third-order valence-electron chi connectivity index (χ3n) is 1.37. The van der Waals surface area contributed by atoms with Gasteiger partial charge in [-0.2, -0.15) is 0 Å². The molecule has 0 rings (SSSR count). The van der Waals surface area contributed by atoms with Gasteiger partial charge in [-0.3, -0.25) is 0 Å². The summed E-state index contributed by atoms with van der Waals surface area (Å²) in [7, 11) is 0. The monoisotopic (exact) mass is 181 g/mol. The number of hydrogen-bond acceptors (Lipinski definition) is 3. The molecule has 0 spiro atoms. The summed E-state index contributed by atoms with van der Waals surface area (Å²) in [6.07, 6.45) is 3.37. The van der Waals surface area contributed by atoms with Crippen molar-refractivity contribution in [2.24, 2.45) is 11.5 Å². The van der Waals surface area contributed by atoms with Crippen LogP contribution in [0.5, 0.6) is 0 Å². The molecule has 0 bridgehead atoms. The Morgan fingerprint density at radius 1 is 0.818 bits per heavy atom. The summed E-state index contributed by atoms with van der Waals surface area (Å²) in [5.41, 5.74) is 10.6. The molecule has 4 heteroatoms. The van der Waals surface area contributed by atoms with Crippen molar-refractivity contribution in [3.05, 3.63) is 0 Å². The Labute approximate surface area is 75.3 Å². The molecule has 3 nitrogen and oxygen atoms in total. The normalized spacial score (nSPS) is 9.27. The van der Waals surface area contributed by atoms with Crippen molar-refractivity contribution < 1.29 is 0 Å². The van der Waals surface area contributed by atoms with Crippen molar-refractivity contribution >= 4 is 12.4 Å². The highest BCUT2D eigenvalue weighted by atomic mass is 35.5. The maximum Gasteiger partial charge on any atom is -0.00369 e. The Morgan fingerprint density at radius 2 is 1.36 bits per heavy atom. The van der Waals surface area contributed by atoms with E-state index in [9.17, 15) is 0 Å². The Kier molecular flexibility index (Phi) is 16.0. The van der Waals surface area contributed by atoms with Crippen LogP contribution in [-0.2, 0) is 0 Å². The highest BCUT2D eigenvalue weighted by Gasteiger charge is 1.85. The molecule has 11 heavy (non-hydrogen) atoms. The van der Waals surface area contributed by atoms with Crippen LogP contribution < -0.4 is 16.8 Å². The minimum Gasteiger partial charge on any atom is -0.330 e. The van der Waals surface area contributed by atoms with Crippen molar-refractivity contribution in [2.75, 3.05) is 26.2 Å². The molecule has 70 valence electrons. The number of halogens is 1. The zero-order chi connectivity index (χ0) is 7.66. The predicted molar refractivity (Wildman–Crippen MR) is 52.1 cm³/mol. The van der Waals surface area contributed by atoms with E-state index in [1.54, 1.807) is 0 Å². The molecular formula is C7H20ClN3. The zero-order valence-electron chi connectivity index (χ0n) is 7.01. The molecule has 0 aromatic heterocycles. The Hall–Kier alpha value is 0.170. The molecule has 0 atom stereocenters. The summed E-state index contributed by atoms with van der Waals surface area (Å²) in [6.45, 7) is 3.71. The van der Waals surface area contributed by atoms with Gasteiger partial charge in [0, 0.05) is 0 Å². The van der Waals surface area contributed by atoms with Crippen LogP contribution in [0.1, 0.15) is 19.3 Å². The summed E-state index contributed by atoms with van der Waals surface area (Å²) >= 11 is 0. The summed E-state index contributed by atoms with van der Waals surface area (Å²) < 4.78 is 0. The maximum absolute atomic E-state index is 5.32. The standard InChI is InChI=1S/C7H19N3.ClH/c8-4-1-2-6-10-7-3-5-9;/h10H,1-9H2;1H. The summed E-state index contributed by atoms with van der Waals surface area (Å²) in [5.74, 6) is 0. The topological polar surface area (TPSA) is 64.1 Å². The molecule has 0 unspecified atom stereocenters. The van der Waals surface area contributed by atoms with Crippen molar-refractivity contribution in [3.63, 3.8) is 0 Å². The number of rotatable bonds is 7. The molecule has 0 saturated heterocycles. The van der Waals surface area contributed by atoms with Gasteiger partial charge in [-0.25, -0.2) is 0 Å². The first-order valence-electron chi connectivity index (χ1n) is 4.02. The lowest BCUT2D eigenvalue weighted by molar-refractivity contribution is 0.611. The molecule has 5 N–H and O–H groups in total. The van der Waals surface area contributed by atoms with E-state index in [4.69, 9.17) is 11.5 Å². The first-order valence-corrected chi connectivity index (χ1v) is 4.02. The van der Waals surface area contributed by atoms with Gasteiger partial charge in [0.15, 0.2) is 0 Å². The fourth-order valence-corrected chi connectivity index (χ4v) is 0.746. The average molecular weight is 182 g/mol. The van der Waals surface area contributed by atoms with Crippen LogP contribution in [0.15, 0.2) is 0 Å². The van der Waals surface area contributed by atoms with Crippen LogP contribution in [0.25, 0.3) is 0 Å². The van der Waals surface area contributed by atoms with Gasteiger partial charge in [-0.15, -0.1) is 12.4 Å². The number of nitrogens with one attached hydrogen (secondary N) is 1.